The zero-order valence-corrected chi connectivity index (χ0v) is 19.4. The molecule has 4 aromatic carbocycles. The fraction of sp³-hybridized carbons (Fsp3) is 0.0769. The lowest BCUT2D eigenvalue weighted by Gasteiger charge is -2.13. The van der Waals surface area contributed by atoms with Crippen molar-refractivity contribution in [3.63, 3.8) is 0 Å². The molecule has 0 radical (unpaired) electrons. The second-order valence-corrected chi connectivity index (χ2v) is 8.08. The number of hydrogen-bond donors (Lipinski definition) is 2. The SMILES string of the molecule is COc1cc(C=NNC(=O)c2cc3ccccc3cc2O)cc(Br)c1OCc1ccccc1. The molecule has 0 saturated heterocycles. The van der Waals surface area contributed by atoms with Crippen LogP contribution in [0.1, 0.15) is 21.5 Å². The van der Waals surface area contributed by atoms with E-state index in [4.69, 9.17) is 9.47 Å². The number of hydrogen-bond acceptors (Lipinski definition) is 5. The van der Waals surface area contributed by atoms with Crippen molar-refractivity contribution in [3.05, 3.63) is 100 Å². The van der Waals surface area contributed by atoms with E-state index in [2.05, 4.69) is 26.5 Å². The van der Waals surface area contributed by atoms with Crippen molar-refractivity contribution < 1.29 is 19.4 Å². The molecule has 0 atom stereocenters. The molecular weight excluding hydrogens is 484 g/mol. The molecule has 6 nitrogen and oxygen atoms in total. The van der Waals surface area contributed by atoms with Gasteiger partial charge >= 0.3 is 0 Å². The Balaban J connectivity index is 1.47. The van der Waals surface area contributed by atoms with Gasteiger partial charge in [-0.05, 0) is 62.1 Å². The first-order chi connectivity index (χ1) is 16.0. The number of halogens is 1. The number of hydrazone groups is 1. The predicted molar refractivity (Wildman–Crippen MR) is 132 cm³/mol. The first-order valence-corrected chi connectivity index (χ1v) is 10.9. The number of nitrogens with one attached hydrogen (secondary N) is 1. The van der Waals surface area contributed by atoms with E-state index in [0.717, 1.165) is 16.3 Å². The maximum absolute atomic E-state index is 12.5. The molecule has 0 heterocycles. The average molecular weight is 505 g/mol. The molecule has 4 rings (SSSR count). The Morgan fingerprint density at radius 1 is 1.03 bits per heavy atom. The standard InChI is InChI=1S/C26H21BrN2O4/c1-32-24-12-18(11-22(27)25(24)33-16-17-7-3-2-4-8-17)15-28-29-26(31)21-13-19-9-5-6-10-20(19)14-23(21)30/h2-15,30H,16H2,1H3,(H,29,31). The molecule has 166 valence electrons. The summed E-state index contributed by atoms with van der Waals surface area (Å²) < 4.78 is 12.1. The molecule has 1 amide bonds. The van der Waals surface area contributed by atoms with Gasteiger partial charge in [0.05, 0.1) is 23.4 Å². The van der Waals surface area contributed by atoms with E-state index < -0.39 is 5.91 Å². The lowest BCUT2D eigenvalue weighted by atomic mass is 10.1. The highest BCUT2D eigenvalue weighted by atomic mass is 79.9. The number of methoxy groups -OCH3 is 1. The molecule has 0 saturated carbocycles. The van der Waals surface area contributed by atoms with Gasteiger partial charge in [0.2, 0.25) is 0 Å². The first-order valence-electron chi connectivity index (χ1n) is 10.1. The molecule has 0 bridgehead atoms. The fourth-order valence-corrected chi connectivity index (χ4v) is 3.89. The maximum atomic E-state index is 12.5. The first kappa shape index (κ1) is 22.4. The Morgan fingerprint density at radius 2 is 1.73 bits per heavy atom. The van der Waals surface area contributed by atoms with Gasteiger partial charge in [0, 0.05) is 0 Å². The third-order valence-corrected chi connectivity index (χ3v) is 5.56. The van der Waals surface area contributed by atoms with Gasteiger partial charge in [0.1, 0.15) is 12.4 Å². The Labute approximate surface area is 199 Å². The number of carbonyl (C=O) groups excluding carboxylic acids is 1. The van der Waals surface area contributed by atoms with Gasteiger partial charge in [-0.15, -0.1) is 0 Å². The third kappa shape index (κ3) is 5.32. The van der Waals surface area contributed by atoms with Crippen LogP contribution < -0.4 is 14.9 Å². The molecule has 0 aliphatic carbocycles. The molecular formula is C26H21BrN2O4. The second-order valence-electron chi connectivity index (χ2n) is 7.22. The number of nitrogens with zero attached hydrogens (tertiary/aromatic N) is 1. The van der Waals surface area contributed by atoms with Crippen LogP contribution in [0.25, 0.3) is 10.8 Å². The van der Waals surface area contributed by atoms with Gasteiger partial charge in [-0.3, -0.25) is 4.79 Å². The summed E-state index contributed by atoms with van der Waals surface area (Å²) in [5, 5.41) is 15.9. The van der Waals surface area contributed by atoms with Crippen molar-refractivity contribution in [2.75, 3.05) is 7.11 Å². The van der Waals surface area contributed by atoms with E-state index in [1.807, 2.05) is 60.7 Å². The molecule has 4 aromatic rings. The summed E-state index contributed by atoms with van der Waals surface area (Å²) in [6.45, 7) is 0.397. The number of fused-ring (bicyclic) bond motifs is 1. The van der Waals surface area contributed by atoms with E-state index in [0.29, 0.717) is 28.1 Å². The summed E-state index contributed by atoms with van der Waals surface area (Å²) >= 11 is 3.52. The number of amides is 1. The quantitative estimate of drug-likeness (QED) is 0.251. The molecule has 0 fully saturated rings. The molecule has 0 spiro atoms. The van der Waals surface area contributed by atoms with Gasteiger partial charge < -0.3 is 14.6 Å². The van der Waals surface area contributed by atoms with Crippen LogP contribution in [0.15, 0.2) is 88.4 Å². The Hall–Kier alpha value is -3.84. The van der Waals surface area contributed by atoms with Crippen molar-refractivity contribution in [2.24, 2.45) is 5.10 Å². The molecule has 2 N–H and O–H groups in total. The van der Waals surface area contributed by atoms with Crippen LogP contribution in [-0.2, 0) is 6.61 Å². The smallest absolute Gasteiger partial charge is 0.275 e. The molecule has 0 aliphatic heterocycles. The van der Waals surface area contributed by atoms with Crippen LogP contribution in [0.5, 0.6) is 17.2 Å². The summed E-state index contributed by atoms with van der Waals surface area (Å²) in [5.41, 5.74) is 4.33. The minimum absolute atomic E-state index is 0.106. The van der Waals surface area contributed by atoms with Crippen molar-refractivity contribution in [3.8, 4) is 17.2 Å². The minimum Gasteiger partial charge on any atom is -0.507 e. The summed E-state index contributed by atoms with van der Waals surface area (Å²) in [6, 6.07) is 24.1. The van der Waals surface area contributed by atoms with E-state index in [1.54, 1.807) is 25.3 Å². The number of phenols is 1. The summed E-state index contributed by atoms with van der Waals surface area (Å²) in [5.74, 6) is 0.484. The summed E-state index contributed by atoms with van der Waals surface area (Å²) in [4.78, 5) is 12.5. The van der Waals surface area contributed by atoms with E-state index >= 15 is 0 Å². The van der Waals surface area contributed by atoms with E-state index in [-0.39, 0.29) is 11.3 Å². The van der Waals surface area contributed by atoms with Gasteiger partial charge in [0.15, 0.2) is 11.5 Å². The number of benzene rings is 4. The minimum atomic E-state index is -0.511. The monoisotopic (exact) mass is 504 g/mol. The normalized spacial score (nSPS) is 11.0. The second kappa shape index (κ2) is 10.2. The number of phenolic OH excluding ortho intramolecular Hbond substituents is 1. The highest BCUT2D eigenvalue weighted by Gasteiger charge is 2.13. The van der Waals surface area contributed by atoms with Crippen LogP contribution in [-0.4, -0.2) is 24.3 Å². The van der Waals surface area contributed by atoms with Gasteiger partial charge in [0.25, 0.3) is 5.91 Å². The highest BCUT2D eigenvalue weighted by Crippen LogP contribution is 2.37. The van der Waals surface area contributed by atoms with Crippen LogP contribution in [0.2, 0.25) is 0 Å². The molecule has 0 aliphatic rings. The molecule has 7 heteroatoms. The van der Waals surface area contributed by atoms with Crippen LogP contribution in [0.3, 0.4) is 0 Å². The van der Waals surface area contributed by atoms with Gasteiger partial charge in [-0.1, -0.05) is 54.6 Å². The van der Waals surface area contributed by atoms with Crippen LogP contribution >= 0.6 is 15.9 Å². The lowest BCUT2D eigenvalue weighted by Crippen LogP contribution is -2.17. The zero-order chi connectivity index (χ0) is 23.2. The molecule has 0 unspecified atom stereocenters. The number of ether oxygens (including phenoxy) is 2. The largest absolute Gasteiger partial charge is 0.507 e. The van der Waals surface area contributed by atoms with Crippen molar-refractivity contribution >= 4 is 38.8 Å². The van der Waals surface area contributed by atoms with Gasteiger partial charge in [-0.2, -0.15) is 5.10 Å². The van der Waals surface area contributed by atoms with Crippen molar-refractivity contribution in [2.45, 2.75) is 6.61 Å². The topological polar surface area (TPSA) is 80.2 Å². The lowest BCUT2D eigenvalue weighted by molar-refractivity contribution is 0.0952. The zero-order valence-electron chi connectivity index (χ0n) is 17.8. The molecule has 33 heavy (non-hydrogen) atoms. The van der Waals surface area contributed by atoms with Gasteiger partial charge in [-0.25, -0.2) is 5.43 Å². The Bertz CT molecular complexity index is 1320. The maximum Gasteiger partial charge on any atom is 0.275 e. The summed E-state index contributed by atoms with van der Waals surface area (Å²) in [6.07, 6.45) is 1.49. The van der Waals surface area contributed by atoms with Crippen LogP contribution in [0, 0.1) is 0 Å². The van der Waals surface area contributed by atoms with Crippen molar-refractivity contribution in [1.82, 2.24) is 5.43 Å². The number of rotatable bonds is 7. The number of aromatic hydroxyl groups is 1. The van der Waals surface area contributed by atoms with Crippen molar-refractivity contribution in [1.29, 1.82) is 0 Å². The highest BCUT2D eigenvalue weighted by molar-refractivity contribution is 9.10. The Kier molecular flexibility index (Phi) is 6.90. The third-order valence-electron chi connectivity index (χ3n) is 4.97. The predicted octanol–water partition coefficient (Wildman–Crippen LogP) is 5.66. The Morgan fingerprint density at radius 3 is 2.45 bits per heavy atom. The van der Waals surface area contributed by atoms with Crippen LogP contribution in [0.4, 0.5) is 0 Å². The molecule has 0 aromatic heterocycles. The summed E-state index contributed by atoms with van der Waals surface area (Å²) in [7, 11) is 1.56. The number of carbonyl (C=O) groups is 1. The van der Waals surface area contributed by atoms with E-state index in [1.165, 1.54) is 6.21 Å². The average Bonchev–Trinajstić information content (AvgIpc) is 2.83. The fourth-order valence-electron chi connectivity index (χ4n) is 3.32. The van der Waals surface area contributed by atoms with E-state index in [9.17, 15) is 9.90 Å².